The summed E-state index contributed by atoms with van der Waals surface area (Å²) in [4.78, 5) is 17.3. The number of ether oxygens (including phenoxy) is 1. The van der Waals surface area contributed by atoms with E-state index in [9.17, 15) is 15.4 Å². The predicted octanol–water partition coefficient (Wildman–Crippen LogP) is 3.77. The maximum absolute atomic E-state index is 11.0. The van der Waals surface area contributed by atoms with Crippen molar-refractivity contribution in [1.82, 2.24) is 4.98 Å². The molecule has 1 aliphatic heterocycles. The van der Waals surface area contributed by atoms with E-state index < -0.39 is 10.5 Å². The molecule has 1 aliphatic rings. The molecule has 1 saturated heterocycles. The molecule has 2 aromatic carbocycles. The number of rotatable bonds is 3. The molecule has 0 aliphatic carbocycles. The predicted molar refractivity (Wildman–Crippen MR) is 105 cm³/mol. The topological polar surface area (TPSA) is 92.3 Å². The Labute approximate surface area is 161 Å². The second-order valence-corrected chi connectivity index (χ2v) is 6.97. The third-order valence-electron chi connectivity index (χ3n) is 5.09. The van der Waals surface area contributed by atoms with Crippen molar-refractivity contribution in [3.63, 3.8) is 0 Å². The number of nitrogens with zero attached hydrogens (tertiary/aromatic N) is 4. The number of nitro groups is 1. The van der Waals surface area contributed by atoms with Gasteiger partial charge in [0.2, 0.25) is 0 Å². The van der Waals surface area contributed by atoms with Crippen molar-refractivity contribution >= 4 is 22.4 Å². The average molecular weight is 374 g/mol. The van der Waals surface area contributed by atoms with Gasteiger partial charge in [-0.15, -0.1) is 0 Å². The Morgan fingerprint density at radius 1 is 1.25 bits per heavy atom. The third-order valence-corrected chi connectivity index (χ3v) is 5.09. The number of hydrogen-bond donors (Lipinski definition) is 0. The molecular weight excluding hydrogens is 356 g/mol. The molecule has 0 amide bonds. The molecule has 7 nitrogen and oxygen atoms in total. The van der Waals surface area contributed by atoms with Crippen LogP contribution in [0.3, 0.4) is 0 Å². The van der Waals surface area contributed by atoms with E-state index in [1.807, 2.05) is 37.3 Å². The molecule has 2 heterocycles. The van der Waals surface area contributed by atoms with Gasteiger partial charge in [0.15, 0.2) is 0 Å². The molecule has 4 rings (SSSR count). The van der Waals surface area contributed by atoms with E-state index in [1.54, 1.807) is 12.1 Å². The molecule has 0 bridgehead atoms. The van der Waals surface area contributed by atoms with Crippen LogP contribution in [-0.4, -0.2) is 29.6 Å². The zero-order valence-corrected chi connectivity index (χ0v) is 15.3. The molecule has 0 N–H and O–H groups in total. The highest BCUT2D eigenvalue weighted by Crippen LogP contribution is 2.33. The number of benzene rings is 2. The molecule has 28 heavy (non-hydrogen) atoms. The molecule has 1 aromatic heterocycles. The van der Waals surface area contributed by atoms with Crippen LogP contribution in [0.15, 0.2) is 54.6 Å². The summed E-state index contributed by atoms with van der Waals surface area (Å²) in [6, 6.07) is 18.3. The Morgan fingerprint density at radius 3 is 2.75 bits per heavy atom. The van der Waals surface area contributed by atoms with E-state index in [2.05, 4.69) is 16.0 Å². The highest BCUT2D eigenvalue weighted by molar-refractivity contribution is 5.88. The molecule has 0 saturated carbocycles. The fraction of sp³-hybridized carbons (Fsp3) is 0.238. The Bertz CT molecular complexity index is 1090. The summed E-state index contributed by atoms with van der Waals surface area (Å²) in [5.74, 6) is 0.670. The normalized spacial score (nSPS) is 19.4. The second kappa shape index (κ2) is 6.91. The lowest BCUT2D eigenvalue weighted by molar-refractivity contribution is -0.384. The van der Waals surface area contributed by atoms with Crippen molar-refractivity contribution in [3.8, 4) is 6.07 Å². The van der Waals surface area contributed by atoms with Crippen LogP contribution >= 0.6 is 0 Å². The van der Waals surface area contributed by atoms with E-state index in [4.69, 9.17) is 4.74 Å². The molecule has 1 unspecified atom stereocenters. The number of nitriles is 1. The number of anilines is 1. The minimum absolute atomic E-state index is 0.0541. The van der Waals surface area contributed by atoms with Gasteiger partial charge in [0, 0.05) is 24.1 Å². The van der Waals surface area contributed by atoms with Gasteiger partial charge in [-0.2, -0.15) is 5.26 Å². The molecule has 140 valence electrons. The highest BCUT2D eigenvalue weighted by Gasteiger charge is 2.34. The zero-order chi connectivity index (χ0) is 19.7. The van der Waals surface area contributed by atoms with Crippen LogP contribution in [0, 0.1) is 21.4 Å². The van der Waals surface area contributed by atoms with Gasteiger partial charge in [-0.3, -0.25) is 10.1 Å². The summed E-state index contributed by atoms with van der Waals surface area (Å²) < 4.78 is 6.08. The molecule has 0 radical (unpaired) electrons. The van der Waals surface area contributed by atoms with Gasteiger partial charge in [0.1, 0.15) is 11.4 Å². The zero-order valence-electron chi connectivity index (χ0n) is 15.3. The lowest BCUT2D eigenvalue weighted by Gasteiger charge is -2.41. The van der Waals surface area contributed by atoms with E-state index in [-0.39, 0.29) is 5.69 Å². The number of morpholine rings is 1. The van der Waals surface area contributed by atoms with Crippen LogP contribution in [0.5, 0.6) is 0 Å². The van der Waals surface area contributed by atoms with E-state index in [1.165, 1.54) is 12.1 Å². The average Bonchev–Trinajstić information content (AvgIpc) is 2.73. The molecule has 1 fully saturated rings. The monoisotopic (exact) mass is 374 g/mol. The summed E-state index contributed by atoms with van der Waals surface area (Å²) in [6.07, 6.45) is 0. The summed E-state index contributed by atoms with van der Waals surface area (Å²) in [7, 11) is 0. The summed E-state index contributed by atoms with van der Waals surface area (Å²) in [5.41, 5.74) is 1.47. The number of nitro benzene ring substituents is 1. The van der Waals surface area contributed by atoms with Crippen molar-refractivity contribution in [3.05, 3.63) is 75.8 Å². The number of non-ortho nitro benzene ring substituents is 1. The molecular formula is C21H18N4O3. The van der Waals surface area contributed by atoms with Gasteiger partial charge in [0.05, 0.1) is 35.2 Å². The first kappa shape index (κ1) is 17.9. The number of aromatic nitrogens is 1. The smallest absolute Gasteiger partial charge is 0.270 e. The number of fused-ring (bicyclic) bond motifs is 1. The summed E-state index contributed by atoms with van der Waals surface area (Å²) in [5, 5.41) is 21.1. The quantitative estimate of drug-likeness (QED) is 0.512. The molecule has 3 aromatic rings. The van der Waals surface area contributed by atoms with Crippen LogP contribution in [0.2, 0.25) is 0 Å². The number of pyridine rings is 1. The van der Waals surface area contributed by atoms with Crippen molar-refractivity contribution in [2.45, 2.75) is 12.5 Å². The van der Waals surface area contributed by atoms with Crippen LogP contribution < -0.4 is 4.90 Å². The second-order valence-electron chi connectivity index (χ2n) is 6.97. The van der Waals surface area contributed by atoms with Crippen LogP contribution in [0.4, 0.5) is 11.5 Å². The molecule has 1 atom stereocenters. The minimum atomic E-state index is -0.488. The first-order valence-electron chi connectivity index (χ1n) is 8.94. The van der Waals surface area contributed by atoms with Crippen molar-refractivity contribution in [2.75, 3.05) is 24.6 Å². The van der Waals surface area contributed by atoms with Gasteiger partial charge < -0.3 is 9.64 Å². The maximum Gasteiger partial charge on any atom is 0.270 e. The molecule has 0 spiro atoms. The third kappa shape index (κ3) is 3.15. The number of hydrogen-bond acceptors (Lipinski definition) is 6. The Kier molecular flexibility index (Phi) is 4.41. The van der Waals surface area contributed by atoms with E-state index in [0.29, 0.717) is 42.0 Å². The largest absolute Gasteiger partial charge is 0.367 e. The fourth-order valence-corrected chi connectivity index (χ4v) is 3.60. The fourth-order valence-electron chi connectivity index (χ4n) is 3.60. The van der Waals surface area contributed by atoms with Gasteiger partial charge in [-0.05, 0) is 24.6 Å². The maximum atomic E-state index is 11.0. The van der Waals surface area contributed by atoms with Crippen LogP contribution in [-0.2, 0) is 10.3 Å². The summed E-state index contributed by atoms with van der Waals surface area (Å²) in [6.45, 7) is 3.82. The SMILES string of the molecule is CC1(c2ccccc2)CN(c2cc(C#N)c3cc([N+](=O)[O-])ccc3n2)CCO1. The van der Waals surface area contributed by atoms with Crippen LogP contribution in [0.25, 0.3) is 10.9 Å². The van der Waals surface area contributed by atoms with Crippen molar-refractivity contribution in [2.24, 2.45) is 0 Å². The van der Waals surface area contributed by atoms with E-state index in [0.717, 1.165) is 5.56 Å². The summed E-state index contributed by atoms with van der Waals surface area (Å²) >= 11 is 0. The van der Waals surface area contributed by atoms with Crippen molar-refractivity contribution in [1.29, 1.82) is 5.26 Å². The lowest BCUT2D eigenvalue weighted by Crippen LogP contribution is -2.48. The van der Waals surface area contributed by atoms with E-state index >= 15 is 0 Å². The molecule has 7 heteroatoms. The van der Waals surface area contributed by atoms with Crippen LogP contribution in [0.1, 0.15) is 18.1 Å². The van der Waals surface area contributed by atoms with Gasteiger partial charge >= 0.3 is 0 Å². The Morgan fingerprint density at radius 2 is 2.04 bits per heavy atom. The van der Waals surface area contributed by atoms with Crippen molar-refractivity contribution < 1.29 is 9.66 Å². The first-order chi connectivity index (χ1) is 13.5. The van der Waals surface area contributed by atoms with Gasteiger partial charge in [-0.1, -0.05) is 30.3 Å². The standard InChI is InChI=1S/C21H18N4O3/c1-21(16-5-3-2-4-6-16)14-24(9-10-28-21)20-11-15(13-22)18-12-17(25(26)27)7-8-19(18)23-20/h2-8,11-12H,9-10,14H2,1H3. The Hall–Kier alpha value is -3.50. The Balaban J connectivity index is 1.73. The minimum Gasteiger partial charge on any atom is -0.367 e. The lowest BCUT2D eigenvalue weighted by atomic mass is 9.94. The highest BCUT2D eigenvalue weighted by atomic mass is 16.6. The first-order valence-corrected chi connectivity index (χ1v) is 8.94. The van der Waals surface area contributed by atoms with Gasteiger partial charge in [0.25, 0.3) is 5.69 Å². The van der Waals surface area contributed by atoms with Gasteiger partial charge in [-0.25, -0.2) is 4.98 Å².